The highest BCUT2D eigenvalue weighted by Gasteiger charge is 2.10. The molecule has 3 N–H and O–H groups in total. The number of nitrogen functional groups attached to an aromatic ring is 1. The summed E-state index contributed by atoms with van der Waals surface area (Å²) >= 11 is 0. The molecule has 0 spiro atoms. The van der Waals surface area contributed by atoms with E-state index in [1.165, 1.54) is 18.5 Å². The van der Waals surface area contributed by atoms with Crippen LogP contribution >= 0.6 is 0 Å². The summed E-state index contributed by atoms with van der Waals surface area (Å²) in [5, 5.41) is 2.89. The molecule has 2 rings (SSSR count). The lowest BCUT2D eigenvalue weighted by atomic mass is 10.2. The lowest BCUT2D eigenvalue weighted by molar-refractivity contribution is 0.306. The van der Waals surface area contributed by atoms with Crippen LogP contribution in [-0.4, -0.2) is 16.6 Å². The molecule has 0 aliphatic rings. The summed E-state index contributed by atoms with van der Waals surface area (Å²) in [5.41, 5.74) is 6.45. The summed E-state index contributed by atoms with van der Waals surface area (Å²) < 4.78 is 31.7. The Kier molecular flexibility index (Phi) is 4.86. The van der Waals surface area contributed by atoms with Crippen LogP contribution in [0.1, 0.15) is 18.9 Å². The molecule has 0 amide bonds. The first-order valence-corrected chi connectivity index (χ1v) is 6.53. The van der Waals surface area contributed by atoms with E-state index in [0.29, 0.717) is 18.0 Å². The van der Waals surface area contributed by atoms with Gasteiger partial charge in [-0.25, -0.2) is 13.8 Å². The fourth-order valence-corrected chi connectivity index (χ4v) is 1.68. The first-order chi connectivity index (χ1) is 10.1. The Hall–Kier alpha value is -2.44. The molecule has 0 aliphatic carbocycles. The largest absolute Gasteiger partial charge is 0.476 e. The van der Waals surface area contributed by atoms with Gasteiger partial charge in [0.05, 0.1) is 6.61 Å². The van der Waals surface area contributed by atoms with E-state index >= 15 is 0 Å². The van der Waals surface area contributed by atoms with E-state index in [1.807, 2.05) is 6.92 Å². The van der Waals surface area contributed by atoms with Gasteiger partial charge in [-0.1, -0.05) is 13.0 Å². The van der Waals surface area contributed by atoms with Gasteiger partial charge < -0.3 is 15.8 Å². The zero-order valence-electron chi connectivity index (χ0n) is 11.6. The zero-order valence-corrected chi connectivity index (χ0v) is 11.6. The molecule has 0 atom stereocenters. The van der Waals surface area contributed by atoms with Crippen LogP contribution in [-0.2, 0) is 6.54 Å². The van der Waals surface area contributed by atoms with Crippen LogP contribution in [0.15, 0.2) is 24.5 Å². The lowest BCUT2D eigenvalue weighted by Crippen LogP contribution is -2.09. The first kappa shape index (κ1) is 15.0. The van der Waals surface area contributed by atoms with Crippen LogP contribution in [0, 0.1) is 11.6 Å². The predicted molar refractivity (Wildman–Crippen MR) is 75.9 cm³/mol. The molecule has 0 saturated carbocycles. The maximum Gasteiger partial charge on any atom is 0.242 e. The van der Waals surface area contributed by atoms with Crippen molar-refractivity contribution in [2.45, 2.75) is 19.9 Å². The quantitative estimate of drug-likeness (QED) is 0.857. The monoisotopic (exact) mass is 294 g/mol. The van der Waals surface area contributed by atoms with Gasteiger partial charge in [-0.2, -0.15) is 4.98 Å². The normalized spacial score (nSPS) is 10.4. The third kappa shape index (κ3) is 3.77. The van der Waals surface area contributed by atoms with Crippen molar-refractivity contribution >= 4 is 11.5 Å². The van der Waals surface area contributed by atoms with E-state index in [1.54, 1.807) is 0 Å². The summed E-state index contributed by atoms with van der Waals surface area (Å²) in [5.74, 6) is -0.612. The van der Waals surface area contributed by atoms with E-state index < -0.39 is 11.6 Å². The average Bonchev–Trinajstić information content (AvgIpc) is 2.46. The Labute approximate surface area is 121 Å². The number of rotatable bonds is 6. The summed E-state index contributed by atoms with van der Waals surface area (Å²) in [6.45, 7) is 2.58. The van der Waals surface area contributed by atoms with Crippen LogP contribution in [0.3, 0.4) is 0 Å². The molecule has 0 fully saturated rings. The third-order valence-electron chi connectivity index (χ3n) is 2.75. The third-order valence-corrected chi connectivity index (χ3v) is 2.75. The molecule has 5 nitrogen and oxygen atoms in total. The fraction of sp³-hybridized carbons (Fsp3) is 0.286. The second-order valence-corrected chi connectivity index (χ2v) is 4.38. The molecule has 0 saturated heterocycles. The molecule has 0 bridgehead atoms. The van der Waals surface area contributed by atoms with Gasteiger partial charge in [0.1, 0.15) is 23.6 Å². The molecule has 112 valence electrons. The molecule has 1 aromatic carbocycles. The number of nitrogens with zero attached hydrogens (tertiary/aromatic N) is 2. The Bertz CT molecular complexity index is 622. The summed E-state index contributed by atoms with van der Waals surface area (Å²) in [6.07, 6.45) is 2.14. The highest BCUT2D eigenvalue weighted by atomic mass is 19.1. The van der Waals surface area contributed by atoms with Gasteiger partial charge in [-0.15, -0.1) is 0 Å². The van der Waals surface area contributed by atoms with Crippen molar-refractivity contribution in [3.63, 3.8) is 0 Å². The van der Waals surface area contributed by atoms with Crippen molar-refractivity contribution in [2.24, 2.45) is 0 Å². The predicted octanol–water partition coefficient (Wildman–Crippen LogP) is 2.74. The average molecular weight is 294 g/mol. The molecule has 7 heteroatoms. The van der Waals surface area contributed by atoms with Crippen LogP contribution in [0.5, 0.6) is 5.88 Å². The Balaban J connectivity index is 2.09. The van der Waals surface area contributed by atoms with Gasteiger partial charge in [0.25, 0.3) is 0 Å². The minimum Gasteiger partial charge on any atom is -0.476 e. The number of ether oxygens (including phenoxy) is 1. The first-order valence-electron chi connectivity index (χ1n) is 6.53. The molecule has 2 aromatic rings. The van der Waals surface area contributed by atoms with Crippen molar-refractivity contribution in [2.75, 3.05) is 17.7 Å². The highest BCUT2D eigenvalue weighted by molar-refractivity contribution is 5.66. The zero-order chi connectivity index (χ0) is 15.2. The van der Waals surface area contributed by atoms with Crippen molar-refractivity contribution in [3.05, 3.63) is 41.7 Å². The van der Waals surface area contributed by atoms with Crippen LogP contribution in [0.25, 0.3) is 0 Å². The summed E-state index contributed by atoms with van der Waals surface area (Å²) in [6, 6.07) is 3.39. The van der Waals surface area contributed by atoms with E-state index in [4.69, 9.17) is 10.5 Å². The standard InChI is InChI=1S/C14H16F2N4O/c1-2-5-21-14-12(17)13(19-8-20-14)18-7-9-3-4-10(15)6-11(9)16/h3-4,6,8H,2,5,7,17H2,1H3,(H,18,19,20). The second kappa shape index (κ2) is 6.83. The number of nitrogens with one attached hydrogen (secondary N) is 1. The minimum absolute atomic E-state index is 0.126. The van der Waals surface area contributed by atoms with E-state index in [9.17, 15) is 8.78 Å². The molecule has 0 unspecified atom stereocenters. The van der Waals surface area contributed by atoms with Crippen LogP contribution in [0.4, 0.5) is 20.3 Å². The van der Waals surface area contributed by atoms with Gasteiger partial charge in [-0.3, -0.25) is 0 Å². The van der Waals surface area contributed by atoms with Crippen molar-refractivity contribution < 1.29 is 13.5 Å². The lowest BCUT2D eigenvalue weighted by Gasteiger charge is -2.11. The van der Waals surface area contributed by atoms with Gasteiger partial charge in [-0.05, 0) is 12.5 Å². The molecular weight excluding hydrogens is 278 g/mol. The Morgan fingerprint density at radius 1 is 1.29 bits per heavy atom. The number of benzene rings is 1. The van der Waals surface area contributed by atoms with Gasteiger partial charge in [0, 0.05) is 18.2 Å². The van der Waals surface area contributed by atoms with E-state index in [2.05, 4.69) is 15.3 Å². The maximum absolute atomic E-state index is 13.5. The second-order valence-electron chi connectivity index (χ2n) is 4.38. The molecule has 0 aliphatic heterocycles. The summed E-state index contributed by atoms with van der Waals surface area (Å²) in [4.78, 5) is 7.92. The number of halogens is 2. The Morgan fingerprint density at radius 2 is 2.10 bits per heavy atom. The molecule has 21 heavy (non-hydrogen) atoms. The van der Waals surface area contributed by atoms with Crippen molar-refractivity contribution in [1.82, 2.24) is 9.97 Å². The minimum atomic E-state index is -0.627. The number of aromatic nitrogens is 2. The van der Waals surface area contributed by atoms with E-state index in [0.717, 1.165) is 12.5 Å². The van der Waals surface area contributed by atoms with Gasteiger partial charge in [0.15, 0.2) is 5.82 Å². The number of hydrogen-bond donors (Lipinski definition) is 2. The highest BCUT2D eigenvalue weighted by Crippen LogP contribution is 2.25. The maximum atomic E-state index is 13.5. The number of hydrogen-bond acceptors (Lipinski definition) is 5. The van der Waals surface area contributed by atoms with Crippen LogP contribution in [0.2, 0.25) is 0 Å². The summed E-state index contributed by atoms with van der Waals surface area (Å²) in [7, 11) is 0. The van der Waals surface area contributed by atoms with Crippen LogP contribution < -0.4 is 15.8 Å². The molecular formula is C14H16F2N4O. The van der Waals surface area contributed by atoms with E-state index in [-0.39, 0.29) is 18.1 Å². The molecule has 1 aromatic heterocycles. The number of nitrogens with two attached hydrogens (primary N) is 1. The van der Waals surface area contributed by atoms with Gasteiger partial charge >= 0.3 is 0 Å². The van der Waals surface area contributed by atoms with Crippen molar-refractivity contribution in [3.8, 4) is 5.88 Å². The van der Waals surface area contributed by atoms with Crippen molar-refractivity contribution in [1.29, 1.82) is 0 Å². The Morgan fingerprint density at radius 3 is 2.81 bits per heavy atom. The topological polar surface area (TPSA) is 73.1 Å². The fourth-order valence-electron chi connectivity index (χ4n) is 1.68. The smallest absolute Gasteiger partial charge is 0.242 e. The van der Waals surface area contributed by atoms with Gasteiger partial charge in [0.2, 0.25) is 5.88 Å². The number of anilines is 2. The molecule has 0 radical (unpaired) electrons. The SMILES string of the molecule is CCCOc1ncnc(NCc2ccc(F)cc2F)c1N. The molecule has 1 heterocycles.